The van der Waals surface area contributed by atoms with Gasteiger partial charge in [0.25, 0.3) is 5.56 Å². The van der Waals surface area contributed by atoms with Crippen molar-refractivity contribution in [2.45, 2.75) is 19.3 Å². The fourth-order valence-corrected chi connectivity index (χ4v) is 3.36. The van der Waals surface area contributed by atoms with Crippen LogP contribution < -0.4 is 25.2 Å². The highest BCUT2D eigenvalue weighted by molar-refractivity contribution is 5.91. The fourth-order valence-electron chi connectivity index (χ4n) is 3.36. The summed E-state index contributed by atoms with van der Waals surface area (Å²) in [7, 11) is 3.14. The summed E-state index contributed by atoms with van der Waals surface area (Å²) in [5.74, 6) is 1.40. The number of H-pyrrole nitrogens is 1. The van der Waals surface area contributed by atoms with Crippen LogP contribution in [0.3, 0.4) is 0 Å². The Morgan fingerprint density at radius 3 is 2.67 bits per heavy atom. The van der Waals surface area contributed by atoms with Crippen molar-refractivity contribution in [3.63, 3.8) is 0 Å². The first-order valence-corrected chi connectivity index (χ1v) is 8.90. The van der Waals surface area contributed by atoms with Crippen molar-refractivity contribution in [3.8, 4) is 11.5 Å². The molecule has 2 aromatic rings. The molecule has 27 heavy (non-hydrogen) atoms. The van der Waals surface area contributed by atoms with Crippen LogP contribution >= 0.6 is 0 Å². The number of nitrogens with one attached hydrogen (secondary N) is 2. The first-order chi connectivity index (χ1) is 13.1. The van der Waals surface area contributed by atoms with E-state index in [-0.39, 0.29) is 17.4 Å². The van der Waals surface area contributed by atoms with Gasteiger partial charge in [-0.2, -0.15) is 5.10 Å². The molecule has 8 heteroatoms. The zero-order chi connectivity index (χ0) is 19.2. The van der Waals surface area contributed by atoms with Crippen LogP contribution in [0.4, 0.5) is 11.4 Å². The van der Waals surface area contributed by atoms with Gasteiger partial charge in [0, 0.05) is 49.5 Å². The van der Waals surface area contributed by atoms with Crippen molar-refractivity contribution in [1.29, 1.82) is 0 Å². The standard InChI is InChI=1S/C19H24N4O4/c1-26-16-7-14(8-17(10-16)27-2)21-18(24)6-13-4-3-5-23(12-13)15-9-19(25)22-20-11-15/h7-11,13H,3-6,12H2,1-2H3,(H,21,24)(H,22,25). The number of methoxy groups -OCH3 is 2. The number of aromatic amines is 1. The van der Waals surface area contributed by atoms with Crippen molar-refractivity contribution in [3.05, 3.63) is 40.8 Å². The zero-order valence-corrected chi connectivity index (χ0v) is 15.5. The highest BCUT2D eigenvalue weighted by Crippen LogP contribution is 2.27. The van der Waals surface area contributed by atoms with Gasteiger partial charge >= 0.3 is 0 Å². The van der Waals surface area contributed by atoms with Crippen LogP contribution in [0.1, 0.15) is 19.3 Å². The molecule has 1 aliphatic rings. The number of amides is 1. The Labute approximate surface area is 157 Å². The molecule has 144 valence electrons. The summed E-state index contributed by atoms with van der Waals surface area (Å²) in [5, 5.41) is 9.15. The average molecular weight is 372 g/mol. The maximum Gasteiger partial charge on any atom is 0.266 e. The summed E-state index contributed by atoms with van der Waals surface area (Å²) in [4.78, 5) is 26.1. The number of ether oxygens (including phenoxy) is 2. The number of aromatic nitrogens is 2. The molecular formula is C19H24N4O4. The van der Waals surface area contributed by atoms with Gasteiger partial charge in [-0.15, -0.1) is 0 Å². The third-order valence-corrected chi connectivity index (χ3v) is 4.64. The predicted molar refractivity (Wildman–Crippen MR) is 103 cm³/mol. The number of hydrogen-bond donors (Lipinski definition) is 2. The zero-order valence-electron chi connectivity index (χ0n) is 15.5. The van der Waals surface area contributed by atoms with Gasteiger partial charge in [0.15, 0.2) is 0 Å². The average Bonchev–Trinajstić information content (AvgIpc) is 2.67. The molecule has 1 unspecified atom stereocenters. The molecule has 1 aromatic carbocycles. The number of carbonyl (C=O) groups is 1. The van der Waals surface area contributed by atoms with E-state index in [0.29, 0.717) is 23.6 Å². The van der Waals surface area contributed by atoms with Crippen molar-refractivity contribution >= 4 is 17.3 Å². The molecule has 1 atom stereocenters. The second-order valence-electron chi connectivity index (χ2n) is 6.61. The van der Waals surface area contributed by atoms with E-state index in [9.17, 15) is 9.59 Å². The van der Waals surface area contributed by atoms with Gasteiger partial charge in [-0.1, -0.05) is 0 Å². The maximum atomic E-state index is 12.5. The summed E-state index contributed by atoms with van der Waals surface area (Å²) in [6.07, 6.45) is 4.00. The van der Waals surface area contributed by atoms with Gasteiger partial charge in [-0.25, -0.2) is 5.10 Å². The van der Waals surface area contributed by atoms with Crippen LogP contribution in [-0.4, -0.2) is 43.4 Å². The Bertz CT molecular complexity index is 829. The SMILES string of the molecule is COc1cc(NC(=O)CC2CCCN(c3cn[nH]c(=O)c3)C2)cc(OC)c1. The van der Waals surface area contributed by atoms with E-state index in [2.05, 4.69) is 20.4 Å². The molecule has 0 saturated carbocycles. The summed E-state index contributed by atoms with van der Waals surface area (Å²) >= 11 is 0. The molecule has 1 saturated heterocycles. The van der Waals surface area contributed by atoms with Gasteiger partial charge in [0.1, 0.15) is 11.5 Å². The minimum absolute atomic E-state index is 0.0545. The lowest BCUT2D eigenvalue weighted by Gasteiger charge is -2.33. The maximum absolute atomic E-state index is 12.5. The number of nitrogens with zero attached hydrogens (tertiary/aromatic N) is 2. The lowest BCUT2D eigenvalue weighted by Crippen LogP contribution is -2.37. The van der Waals surface area contributed by atoms with Gasteiger partial charge in [0.05, 0.1) is 26.1 Å². The smallest absolute Gasteiger partial charge is 0.266 e. The summed E-state index contributed by atoms with van der Waals surface area (Å²) in [5.41, 5.74) is 1.21. The molecule has 1 aliphatic heterocycles. The van der Waals surface area contributed by atoms with E-state index in [1.54, 1.807) is 38.6 Å². The highest BCUT2D eigenvalue weighted by Gasteiger charge is 2.23. The second kappa shape index (κ2) is 8.57. The van der Waals surface area contributed by atoms with E-state index in [1.165, 1.54) is 6.07 Å². The third-order valence-electron chi connectivity index (χ3n) is 4.64. The molecule has 1 amide bonds. The molecule has 1 fully saturated rings. The van der Waals surface area contributed by atoms with Gasteiger partial charge in [-0.3, -0.25) is 9.59 Å². The number of rotatable bonds is 6. The van der Waals surface area contributed by atoms with Crippen LogP contribution in [0.25, 0.3) is 0 Å². The highest BCUT2D eigenvalue weighted by atomic mass is 16.5. The normalized spacial score (nSPS) is 16.7. The first-order valence-electron chi connectivity index (χ1n) is 8.90. The minimum atomic E-state index is -0.223. The molecule has 0 bridgehead atoms. The first kappa shape index (κ1) is 18.8. The Kier molecular flexibility index (Phi) is 5.95. The molecule has 2 N–H and O–H groups in total. The van der Waals surface area contributed by atoms with Crippen molar-refractivity contribution < 1.29 is 14.3 Å². The third kappa shape index (κ3) is 4.99. The van der Waals surface area contributed by atoms with E-state index in [4.69, 9.17) is 9.47 Å². The fraction of sp³-hybridized carbons (Fsp3) is 0.421. The molecule has 8 nitrogen and oxygen atoms in total. The number of hydrogen-bond acceptors (Lipinski definition) is 6. The van der Waals surface area contributed by atoms with Crippen molar-refractivity contribution in [2.75, 3.05) is 37.5 Å². The Balaban J connectivity index is 1.61. The minimum Gasteiger partial charge on any atom is -0.497 e. The topological polar surface area (TPSA) is 96.5 Å². The molecule has 0 spiro atoms. The monoisotopic (exact) mass is 372 g/mol. The van der Waals surface area contributed by atoms with E-state index in [1.807, 2.05) is 0 Å². The largest absolute Gasteiger partial charge is 0.497 e. The number of carbonyl (C=O) groups excluding carboxylic acids is 1. The van der Waals surface area contributed by atoms with Gasteiger partial charge in [-0.05, 0) is 18.8 Å². The van der Waals surface area contributed by atoms with E-state index >= 15 is 0 Å². The van der Waals surface area contributed by atoms with E-state index < -0.39 is 0 Å². The van der Waals surface area contributed by atoms with Crippen LogP contribution in [-0.2, 0) is 4.79 Å². The molecule has 2 heterocycles. The van der Waals surface area contributed by atoms with Crippen molar-refractivity contribution in [2.24, 2.45) is 5.92 Å². The lowest BCUT2D eigenvalue weighted by atomic mass is 9.94. The Morgan fingerprint density at radius 1 is 1.26 bits per heavy atom. The van der Waals surface area contributed by atoms with Crippen LogP contribution in [0.2, 0.25) is 0 Å². The molecule has 1 aromatic heterocycles. The predicted octanol–water partition coefficient (Wildman–Crippen LogP) is 2.03. The van der Waals surface area contributed by atoms with E-state index in [0.717, 1.165) is 31.6 Å². The van der Waals surface area contributed by atoms with Gasteiger partial charge in [0.2, 0.25) is 5.91 Å². The van der Waals surface area contributed by atoms with Crippen LogP contribution in [0.15, 0.2) is 35.3 Å². The molecule has 0 aliphatic carbocycles. The van der Waals surface area contributed by atoms with Crippen LogP contribution in [0.5, 0.6) is 11.5 Å². The number of anilines is 2. The molecule has 0 radical (unpaired) electrons. The number of piperidine rings is 1. The van der Waals surface area contributed by atoms with Gasteiger partial charge < -0.3 is 19.7 Å². The summed E-state index contributed by atoms with van der Waals surface area (Å²) in [6.45, 7) is 1.58. The van der Waals surface area contributed by atoms with Crippen LogP contribution in [0, 0.1) is 5.92 Å². The summed E-state index contributed by atoms with van der Waals surface area (Å²) in [6, 6.07) is 6.81. The quantitative estimate of drug-likeness (QED) is 0.805. The Hall–Kier alpha value is -3.03. The summed E-state index contributed by atoms with van der Waals surface area (Å²) < 4.78 is 10.5. The molecular weight excluding hydrogens is 348 g/mol. The molecule has 3 rings (SSSR count). The number of benzene rings is 1. The lowest BCUT2D eigenvalue weighted by molar-refractivity contribution is -0.117. The Morgan fingerprint density at radius 2 is 2.00 bits per heavy atom. The van der Waals surface area contributed by atoms with Crippen molar-refractivity contribution in [1.82, 2.24) is 10.2 Å². The second-order valence-corrected chi connectivity index (χ2v) is 6.61.